The number of anilines is 2. The molecular weight excluding hydrogens is 296 g/mol. The third-order valence-corrected chi connectivity index (χ3v) is 3.64. The van der Waals surface area contributed by atoms with Crippen LogP contribution in [0.5, 0.6) is 11.5 Å². The Labute approximate surface area is 132 Å². The van der Waals surface area contributed by atoms with Gasteiger partial charge in [-0.1, -0.05) is 0 Å². The van der Waals surface area contributed by atoms with Gasteiger partial charge in [-0.05, 0) is 6.42 Å². The van der Waals surface area contributed by atoms with Crippen LogP contribution in [0.4, 0.5) is 11.8 Å². The van der Waals surface area contributed by atoms with Gasteiger partial charge in [-0.15, -0.1) is 0 Å². The van der Waals surface area contributed by atoms with Crippen molar-refractivity contribution in [2.75, 3.05) is 25.7 Å². The molecule has 0 fully saturated rings. The van der Waals surface area contributed by atoms with Gasteiger partial charge in [-0.3, -0.25) is 0 Å². The number of hydrogen-bond acceptors (Lipinski definition) is 7. The predicted molar refractivity (Wildman–Crippen MR) is 87.5 cm³/mol. The zero-order valence-corrected chi connectivity index (χ0v) is 13.0. The van der Waals surface area contributed by atoms with Gasteiger partial charge in [0.15, 0.2) is 11.5 Å². The topological polar surface area (TPSA) is 125 Å². The number of fused-ring (bicyclic) bond motifs is 1. The molecule has 0 spiro atoms. The minimum atomic E-state index is 0.124. The number of aromatic amines is 1. The molecule has 0 saturated heterocycles. The van der Waals surface area contributed by atoms with Crippen molar-refractivity contribution in [3.05, 3.63) is 29.8 Å². The molecule has 5 N–H and O–H groups in total. The summed E-state index contributed by atoms with van der Waals surface area (Å²) >= 11 is 0. The SMILES string of the molecule is COc1cc2nc(N)nc(N)c2c(CCc2ncc[nH]2)c1OC. The zero-order chi connectivity index (χ0) is 16.4. The van der Waals surface area contributed by atoms with Crippen LogP contribution in [0.3, 0.4) is 0 Å². The number of nitrogens with one attached hydrogen (secondary N) is 1. The van der Waals surface area contributed by atoms with E-state index < -0.39 is 0 Å². The van der Waals surface area contributed by atoms with Crippen molar-refractivity contribution in [2.24, 2.45) is 0 Å². The molecule has 8 nitrogen and oxygen atoms in total. The van der Waals surface area contributed by atoms with E-state index in [-0.39, 0.29) is 5.95 Å². The highest BCUT2D eigenvalue weighted by molar-refractivity contribution is 5.95. The second kappa shape index (κ2) is 5.99. The predicted octanol–water partition coefficient (Wildman–Crippen LogP) is 1.32. The molecule has 2 heterocycles. The zero-order valence-electron chi connectivity index (χ0n) is 13.0. The highest BCUT2D eigenvalue weighted by atomic mass is 16.5. The first-order valence-corrected chi connectivity index (χ1v) is 7.08. The van der Waals surface area contributed by atoms with Gasteiger partial charge in [-0.2, -0.15) is 4.98 Å². The van der Waals surface area contributed by atoms with Gasteiger partial charge >= 0.3 is 0 Å². The Bertz CT molecular complexity index is 832. The first-order chi connectivity index (χ1) is 11.1. The third-order valence-electron chi connectivity index (χ3n) is 3.64. The maximum absolute atomic E-state index is 6.07. The number of aromatic nitrogens is 4. The van der Waals surface area contributed by atoms with Crippen molar-refractivity contribution < 1.29 is 9.47 Å². The fourth-order valence-electron chi connectivity index (χ4n) is 2.67. The summed E-state index contributed by atoms with van der Waals surface area (Å²) in [5.74, 6) is 2.51. The van der Waals surface area contributed by atoms with Crippen molar-refractivity contribution in [3.63, 3.8) is 0 Å². The summed E-state index contributed by atoms with van der Waals surface area (Å²) in [6, 6.07) is 1.75. The minimum Gasteiger partial charge on any atom is -0.493 e. The van der Waals surface area contributed by atoms with Gasteiger partial charge in [0, 0.05) is 35.8 Å². The molecule has 0 aliphatic carbocycles. The normalized spacial score (nSPS) is 10.9. The standard InChI is InChI=1S/C15H18N6O2/c1-22-10-7-9-12(14(16)21-15(17)20-9)8(13(10)23-2)3-4-11-18-5-6-19-11/h5-7H,3-4H2,1-2H3,(H,18,19)(H4,16,17,20,21). The van der Waals surface area contributed by atoms with Crippen LogP contribution in [-0.4, -0.2) is 34.2 Å². The summed E-state index contributed by atoms with van der Waals surface area (Å²) < 4.78 is 10.9. The maximum atomic E-state index is 6.07. The molecular formula is C15H18N6O2. The molecule has 0 aliphatic rings. The Morgan fingerprint density at radius 2 is 1.96 bits per heavy atom. The largest absolute Gasteiger partial charge is 0.493 e. The number of nitrogen functional groups attached to an aromatic ring is 2. The maximum Gasteiger partial charge on any atom is 0.222 e. The van der Waals surface area contributed by atoms with Crippen LogP contribution in [0, 0.1) is 0 Å². The summed E-state index contributed by atoms with van der Waals surface area (Å²) in [6.45, 7) is 0. The number of H-pyrrole nitrogens is 1. The molecule has 1 aromatic carbocycles. The van der Waals surface area contributed by atoms with Crippen LogP contribution in [0.2, 0.25) is 0 Å². The number of methoxy groups -OCH3 is 2. The van der Waals surface area contributed by atoms with E-state index in [1.165, 1.54) is 0 Å². The number of nitrogens with zero attached hydrogens (tertiary/aromatic N) is 3. The lowest BCUT2D eigenvalue weighted by molar-refractivity contribution is 0.352. The summed E-state index contributed by atoms with van der Waals surface area (Å²) in [7, 11) is 3.17. The highest BCUT2D eigenvalue weighted by Crippen LogP contribution is 2.39. The number of rotatable bonds is 5. The fraction of sp³-hybridized carbons (Fsp3) is 0.267. The average molecular weight is 314 g/mol. The number of nitrogens with two attached hydrogens (primary N) is 2. The molecule has 0 aliphatic heterocycles. The van der Waals surface area contributed by atoms with Gasteiger partial charge in [0.05, 0.1) is 19.7 Å². The van der Waals surface area contributed by atoms with Gasteiger partial charge < -0.3 is 25.9 Å². The van der Waals surface area contributed by atoms with Gasteiger partial charge in [-0.25, -0.2) is 9.97 Å². The lowest BCUT2D eigenvalue weighted by Crippen LogP contribution is -2.06. The van der Waals surface area contributed by atoms with Gasteiger partial charge in [0.25, 0.3) is 0 Å². The highest BCUT2D eigenvalue weighted by Gasteiger charge is 2.19. The molecule has 0 radical (unpaired) electrons. The Hall–Kier alpha value is -3.03. The summed E-state index contributed by atoms with van der Waals surface area (Å²) in [6.07, 6.45) is 4.83. The first-order valence-electron chi connectivity index (χ1n) is 7.08. The Kier molecular flexibility index (Phi) is 3.88. The number of hydrogen-bond donors (Lipinski definition) is 3. The lowest BCUT2D eigenvalue weighted by atomic mass is 10.0. The summed E-state index contributed by atoms with van der Waals surface area (Å²) in [5.41, 5.74) is 13.3. The van der Waals surface area contributed by atoms with E-state index in [1.807, 2.05) is 0 Å². The molecule has 23 heavy (non-hydrogen) atoms. The van der Waals surface area contributed by atoms with Crippen molar-refractivity contribution in [1.29, 1.82) is 0 Å². The van der Waals surface area contributed by atoms with E-state index >= 15 is 0 Å². The van der Waals surface area contributed by atoms with E-state index in [0.29, 0.717) is 35.7 Å². The molecule has 2 aromatic heterocycles. The molecule has 8 heteroatoms. The van der Waals surface area contributed by atoms with E-state index in [0.717, 1.165) is 16.8 Å². The molecule has 120 valence electrons. The molecule has 0 atom stereocenters. The Morgan fingerprint density at radius 3 is 2.61 bits per heavy atom. The Morgan fingerprint density at radius 1 is 1.13 bits per heavy atom. The minimum absolute atomic E-state index is 0.124. The molecule has 0 amide bonds. The fourth-order valence-corrected chi connectivity index (χ4v) is 2.67. The quantitative estimate of drug-likeness (QED) is 0.648. The number of imidazole rings is 1. The number of benzene rings is 1. The third kappa shape index (κ3) is 2.70. The van der Waals surface area contributed by atoms with E-state index in [4.69, 9.17) is 20.9 Å². The van der Waals surface area contributed by atoms with Crippen LogP contribution < -0.4 is 20.9 Å². The van der Waals surface area contributed by atoms with Crippen molar-refractivity contribution >= 4 is 22.7 Å². The molecule has 0 saturated carbocycles. The van der Waals surface area contributed by atoms with Crippen LogP contribution in [0.1, 0.15) is 11.4 Å². The van der Waals surface area contributed by atoms with Crippen LogP contribution >= 0.6 is 0 Å². The monoisotopic (exact) mass is 314 g/mol. The van der Waals surface area contributed by atoms with Crippen LogP contribution in [0.15, 0.2) is 18.5 Å². The average Bonchev–Trinajstić information content (AvgIpc) is 3.04. The van der Waals surface area contributed by atoms with Gasteiger partial charge in [0.1, 0.15) is 11.6 Å². The number of ether oxygens (including phenoxy) is 2. The smallest absolute Gasteiger partial charge is 0.222 e. The molecule has 0 bridgehead atoms. The second-order valence-electron chi connectivity index (χ2n) is 4.99. The van der Waals surface area contributed by atoms with Crippen molar-refractivity contribution in [3.8, 4) is 11.5 Å². The summed E-state index contributed by atoms with van der Waals surface area (Å²) in [4.78, 5) is 15.6. The van der Waals surface area contributed by atoms with E-state index in [2.05, 4.69) is 19.9 Å². The molecule has 3 rings (SSSR count). The van der Waals surface area contributed by atoms with Crippen molar-refractivity contribution in [2.45, 2.75) is 12.8 Å². The van der Waals surface area contributed by atoms with Crippen LogP contribution in [0.25, 0.3) is 10.9 Å². The Balaban J connectivity index is 2.18. The second-order valence-corrected chi connectivity index (χ2v) is 4.99. The lowest BCUT2D eigenvalue weighted by Gasteiger charge is -2.16. The molecule has 3 aromatic rings. The molecule has 0 unspecified atom stereocenters. The number of aryl methyl sites for hydroxylation is 2. The van der Waals surface area contributed by atoms with Gasteiger partial charge in [0.2, 0.25) is 5.95 Å². The van der Waals surface area contributed by atoms with E-state index in [1.54, 1.807) is 32.7 Å². The van der Waals surface area contributed by atoms with Crippen molar-refractivity contribution in [1.82, 2.24) is 19.9 Å². The first kappa shape index (κ1) is 14.9. The summed E-state index contributed by atoms with van der Waals surface area (Å²) in [5, 5.41) is 0.725. The van der Waals surface area contributed by atoms with Crippen LogP contribution in [-0.2, 0) is 12.8 Å². The van der Waals surface area contributed by atoms with E-state index in [9.17, 15) is 0 Å².